The van der Waals surface area contributed by atoms with Gasteiger partial charge in [0.25, 0.3) is 0 Å². The Morgan fingerprint density at radius 1 is 1.05 bits per heavy atom. The lowest BCUT2D eigenvalue weighted by molar-refractivity contribution is -0.0501. The van der Waals surface area contributed by atoms with Gasteiger partial charge in [-0.15, -0.1) is 0 Å². The average Bonchev–Trinajstić information content (AvgIpc) is 2.55. The van der Waals surface area contributed by atoms with E-state index in [0.717, 1.165) is 31.2 Å². The molecule has 0 fully saturated rings. The maximum Gasteiger partial charge on any atom is 0.109 e. The van der Waals surface area contributed by atoms with Gasteiger partial charge in [-0.2, -0.15) is 0 Å². The van der Waals surface area contributed by atoms with Crippen molar-refractivity contribution in [3.63, 3.8) is 0 Å². The van der Waals surface area contributed by atoms with Crippen LogP contribution in [0.15, 0.2) is 54.6 Å². The zero-order valence-corrected chi connectivity index (χ0v) is 12.2. The molecule has 0 amide bonds. The lowest BCUT2D eigenvalue weighted by atomic mass is 9.92. The van der Waals surface area contributed by atoms with Crippen LogP contribution in [-0.2, 0) is 17.6 Å². The Morgan fingerprint density at radius 2 is 1.81 bits per heavy atom. The summed E-state index contributed by atoms with van der Waals surface area (Å²) in [6.07, 6.45) is 3.12. The molecule has 0 aliphatic carbocycles. The van der Waals surface area contributed by atoms with Gasteiger partial charge < -0.3 is 9.84 Å². The molecule has 2 atom stereocenters. The van der Waals surface area contributed by atoms with Gasteiger partial charge in [-0.1, -0.05) is 54.6 Å². The topological polar surface area (TPSA) is 29.5 Å². The third kappa shape index (κ3) is 3.52. The van der Waals surface area contributed by atoms with E-state index < -0.39 is 6.10 Å². The first-order valence-electron chi connectivity index (χ1n) is 7.76. The third-order valence-corrected chi connectivity index (χ3v) is 4.19. The quantitative estimate of drug-likeness (QED) is 0.906. The summed E-state index contributed by atoms with van der Waals surface area (Å²) in [6.45, 7) is 0.706. The van der Waals surface area contributed by atoms with Gasteiger partial charge in [-0.05, 0) is 42.4 Å². The zero-order valence-electron chi connectivity index (χ0n) is 12.2. The second-order valence-electron chi connectivity index (χ2n) is 5.69. The maximum absolute atomic E-state index is 10.5. The SMILES string of the molecule is OC(CCCc1ccccc1)C1OCCc2ccccc21. The van der Waals surface area contributed by atoms with Gasteiger partial charge in [-0.3, -0.25) is 0 Å². The molecule has 1 aliphatic heterocycles. The molecule has 2 aromatic rings. The molecule has 21 heavy (non-hydrogen) atoms. The van der Waals surface area contributed by atoms with Crippen molar-refractivity contribution in [1.29, 1.82) is 0 Å². The average molecular weight is 282 g/mol. The smallest absolute Gasteiger partial charge is 0.109 e. The molecular weight excluding hydrogens is 260 g/mol. The van der Waals surface area contributed by atoms with E-state index in [9.17, 15) is 5.11 Å². The van der Waals surface area contributed by atoms with Crippen LogP contribution in [0, 0.1) is 0 Å². The molecule has 1 N–H and O–H groups in total. The lowest BCUT2D eigenvalue weighted by Gasteiger charge is -2.29. The van der Waals surface area contributed by atoms with Crippen molar-refractivity contribution in [1.82, 2.24) is 0 Å². The van der Waals surface area contributed by atoms with Crippen molar-refractivity contribution in [3.8, 4) is 0 Å². The zero-order chi connectivity index (χ0) is 14.5. The fraction of sp³-hybridized carbons (Fsp3) is 0.368. The van der Waals surface area contributed by atoms with Gasteiger partial charge >= 0.3 is 0 Å². The van der Waals surface area contributed by atoms with Crippen LogP contribution >= 0.6 is 0 Å². The summed E-state index contributed by atoms with van der Waals surface area (Å²) < 4.78 is 5.82. The molecule has 0 saturated heterocycles. The van der Waals surface area contributed by atoms with Gasteiger partial charge in [0.05, 0.1) is 12.7 Å². The van der Waals surface area contributed by atoms with E-state index >= 15 is 0 Å². The fourth-order valence-electron chi connectivity index (χ4n) is 3.05. The first-order chi connectivity index (χ1) is 10.3. The predicted molar refractivity (Wildman–Crippen MR) is 84.2 cm³/mol. The van der Waals surface area contributed by atoms with Crippen molar-refractivity contribution in [2.45, 2.75) is 37.9 Å². The summed E-state index contributed by atoms with van der Waals surface area (Å²) in [5, 5.41) is 10.5. The monoisotopic (exact) mass is 282 g/mol. The van der Waals surface area contributed by atoms with Crippen molar-refractivity contribution >= 4 is 0 Å². The van der Waals surface area contributed by atoms with E-state index in [2.05, 4.69) is 42.5 Å². The molecular formula is C19H22O2. The van der Waals surface area contributed by atoms with Crippen LogP contribution in [0.5, 0.6) is 0 Å². The van der Waals surface area contributed by atoms with Gasteiger partial charge in [0, 0.05) is 0 Å². The molecule has 2 nitrogen and oxygen atoms in total. The van der Waals surface area contributed by atoms with Crippen molar-refractivity contribution in [2.24, 2.45) is 0 Å². The van der Waals surface area contributed by atoms with E-state index in [1.54, 1.807) is 0 Å². The molecule has 0 bridgehead atoms. The molecule has 1 aliphatic rings. The van der Waals surface area contributed by atoms with E-state index in [1.165, 1.54) is 11.1 Å². The Bertz CT molecular complexity index is 565. The molecule has 0 saturated carbocycles. The predicted octanol–water partition coefficient (Wildman–Crippen LogP) is 3.68. The number of rotatable bonds is 5. The van der Waals surface area contributed by atoms with Crippen molar-refractivity contribution < 1.29 is 9.84 Å². The Labute approximate surface area is 126 Å². The molecule has 0 aromatic heterocycles. The van der Waals surface area contributed by atoms with Crippen molar-refractivity contribution in [3.05, 3.63) is 71.3 Å². The minimum absolute atomic E-state index is 0.161. The van der Waals surface area contributed by atoms with Crippen LogP contribution < -0.4 is 0 Å². The summed E-state index contributed by atoms with van der Waals surface area (Å²) >= 11 is 0. The van der Waals surface area contributed by atoms with E-state index in [0.29, 0.717) is 6.61 Å². The highest BCUT2D eigenvalue weighted by atomic mass is 16.5. The summed E-state index contributed by atoms with van der Waals surface area (Å²) in [5.74, 6) is 0. The molecule has 2 aromatic carbocycles. The lowest BCUT2D eigenvalue weighted by Crippen LogP contribution is -2.27. The van der Waals surface area contributed by atoms with Crippen LogP contribution in [0.4, 0.5) is 0 Å². The molecule has 0 radical (unpaired) electrons. The first kappa shape index (κ1) is 14.3. The number of aliphatic hydroxyl groups is 1. The Morgan fingerprint density at radius 3 is 2.67 bits per heavy atom. The minimum atomic E-state index is -0.421. The van der Waals surface area contributed by atoms with Crippen LogP contribution in [0.25, 0.3) is 0 Å². The Hall–Kier alpha value is -1.64. The Kier molecular flexibility index (Phi) is 4.69. The summed E-state index contributed by atoms with van der Waals surface area (Å²) in [4.78, 5) is 0. The number of fused-ring (bicyclic) bond motifs is 1. The number of benzene rings is 2. The number of ether oxygens (including phenoxy) is 1. The van der Waals surface area contributed by atoms with Gasteiger partial charge in [0.2, 0.25) is 0 Å². The van der Waals surface area contributed by atoms with E-state index in [-0.39, 0.29) is 6.10 Å². The summed E-state index contributed by atoms with van der Waals surface area (Å²) in [7, 11) is 0. The van der Waals surface area contributed by atoms with Crippen molar-refractivity contribution in [2.75, 3.05) is 6.61 Å². The molecule has 2 unspecified atom stereocenters. The molecule has 1 heterocycles. The highest BCUT2D eigenvalue weighted by Gasteiger charge is 2.26. The van der Waals surface area contributed by atoms with Gasteiger partial charge in [-0.25, -0.2) is 0 Å². The summed E-state index contributed by atoms with van der Waals surface area (Å²) in [5.41, 5.74) is 3.81. The summed E-state index contributed by atoms with van der Waals surface area (Å²) in [6, 6.07) is 18.7. The number of aliphatic hydroxyl groups excluding tert-OH is 1. The second-order valence-corrected chi connectivity index (χ2v) is 5.69. The standard InChI is InChI=1S/C19H22O2/c20-18(12-6-9-15-7-2-1-3-8-15)19-17-11-5-4-10-16(17)13-14-21-19/h1-5,7-8,10-11,18-20H,6,9,12-14H2. The maximum atomic E-state index is 10.5. The van der Waals surface area contributed by atoms with Crippen LogP contribution in [-0.4, -0.2) is 17.8 Å². The first-order valence-corrected chi connectivity index (χ1v) is 7.76. The normalized spacial score (nSPS) is 19.0. The largest absolute Gasteiger partial charge is 0.390 e. The van der Waals surface area contributed by atoms with Crippen LogP contribution in [0.3, 0.4) is 0 Å². The minimum Gasteiger partial charge on any atom is -0.390 e. The highest BCUT2D eigenvalue weighted by Crippen LogP contribution is 2.31. The van der Waals surface area contributed by atoms with Crippen LogP contribution in [0.1, 0.15) is 35.6 Å². The van der Waals surface area contributed by atoms with E-state index in [4.69, 9.17) is 4.74 Å². The molecule has 0 spiro atoms. The van der Waals surface area contributed by atoms with Gasteiger partial charge in [0.15, 0.2) is 0 Å². The van der Waals surface area contributed by atoms with Gasteiger partial charge in [0.1, 0.15) is 6.10 Å². The number of hydrogen-bond donors (Lipinski definition) is 1. The third-order valence-electron chi connectivity index (χ3n) is 4.19. The van der Waals surface area contributed by atoms with E-state index in [1.807, 2.05) is 12.1 Å². The number of hydrogen-bond acceptors (Lipinski definition) is 2. The Balaban J connectivity index is 1.58. The molecule has 110 valence electrons. The van der Waals surface area contributed by atoms with Crippen LogP contribution in [0.2, 0.25) is 0 Å². The second kappa shape index (κ2) is 6.88. The number of aryl methyl sites for hydroxylation is 1. The molecule has 3 rings (SSSR count). The fourth-order valence-corrected chi connectivity index (χ4v) is 3.05. The highest BCUT2D eigenvalue weighted by molar-refractivity contribution is 5.31. The molecule has 2 heteroatoms.